The van der Waals surface area contributed by atoms with E-state index in [0.717, 1.165) is 11.8 Å². The van der Waals surface area contributed by atoms with Crippen molar-refractivity contribution >= 4 is 63.8 Å². The molecule has 1 saturated heterocycles. The third-order valence-corrected chi connectivity index (χ3v) is 4.84. The molecule has 1 aliphatic heterocycles. The minimum absolute atomic E-state index is 0.305. The van der Waals surface area contributed by atoms with Crippen LogP contribution >= 0.6 is 35.0 Å². The van der Waals surface area contributed by atoms with E-state index in [4.69, 9.17) is 23.2 Å². The Hall–Kier alpha value is -2.28. The normalized spacial score (nSPS) is 15.4. The summed E-state index contributed by atoms with van der Waals surface area (Å²) >= 11 is 12.6. The van der Waals surface area contributed by atoms with Gasteiger partial charge in [0.05, 0.1) is 15.0 Å². The van der Waals surface area contributed by atoms with E-state index in [1.807, 2.05) is 0 Å². The van der Waals surface area contributed by atoms with Gasteiger partial charge in [0, 0.05) is 11.3 Å². The van der Waals surface area contributed by atoms with Crippen LogP contribution in [0.5, 0.6) is 0 Å². The number of nitrogens with one attached hydrogen (secondary N) is 2. The Morgan fingerprint density at radius 1 is 1.04 bits per heavy atom. The molecular formula is C17H10Cl2N2O3S. The maximum absolute atomic E-state index is 12.2. The largest absolute Gasteiger partial charge is 0.322 e. The van der Waals surface area contributed by atoms with Crippen molar-refractivity contribution in [2.24, 2.45) is 0 Å². The topological polar surface area (TPSA) is 75.3 Å². The van der Waals surface area contributed by atoms with Crippen LogP contribution < -0.4 is 10.6 Å². The first kappa shape index (κ1) is 17.5. The molecule has 1 aliphatic rings. The highest BCUT2D eigenvalue weighted by Gasteiger charge is 2.24. The molecule has 1 heterocycles. The third kappa shape index (κ3) is 4.22. The molecule has 3 rings (SSSR count). The molecule has 0 radical (unpaired) electrons. The summed E-state index contributed by atoms with van der Waals surface area (Å²) in [4.78, 5) is 35.2. The van der Waals surface area contributed by atoms with E-state index in [2.05, 4.69) is 10.6 Å². The van der Waals surface area contributed by atoms with Gasteiger partial charge in [-0.05, 0) is 53.7 Å². The van der Waals surface area contributed by atoms with Gasteiger partial charge in [0.15, 0.2) is 0 Å². The van der Waals surface area contributed by atoms with Crippen molar-refractivity contribution in [3.63, 3.8) is 0 Å². The predicted octanol–water partition coefficient (Wildman–Crippen LogP) is 4.57. The van der Waals surface area contributed by atoms with Crippen LogP contribution in [-0.2, 0) is 4.79 Å². The zero-order chi connectivity index (χ0) is 18.0. The number of carbonyl (C=O) groups is 3. The molecule has 1 fully saturated rings. The van der Waals surface area contributed by atoms with Crippen molar-refractivity contribution in [2.45, 2.75) is 0 Å². The van der Waals surface area contributed by atoms with Crippen LogP contribution in [0.3, 0.4) is 0 Å². The second-order valence-electron chi connectivity index (χ2n) is 5.06. The summed E-state index contributed by atoms with van der Waals surface area (Å²) in [6.45, 7) is 0. The molecule has 2 aromatic carbocycles. The fraction of sp³-hybridized carbons (Fsp3) is 0. The highest BCUT2D eigenvalue weighted by molar-refractivity contribution is 8.18. The second kappa shape index (κ2) is 7.31. The molecule has 0 bridgehead atoms. The van der Waals surface area contributed by atoms with Crippen LogP contribution in [-0.4, -0.2) is 17.1 Å². The van der Waals surface area contributed by atoms with Gasteiger partial charge in [-0.25, -0.2) is 0 Å². The molecule has 0 spiro atoms. The fourth-order valence-electron chi connectivity index (χ4n) is 2.08. The fourth-order valence-corrected chi connectivity index (χ4v) is 3.06. The number of imide groups is 1. The Balaban J connectivity index is 1.72. The summed E-state index contributed by atoms with van der Waals surface area (Å²) in [6.07, 6.45) is 1.59. The van der Waals surface area contributed by atoms with Crippen molar-refractivity contribution < 1.29 is 14.4 Å². The van der Waals surface area contributed by atoms with Gasteiger partial charge in [0.25, 0.3) is 17.1 Å². The Morgan fingerprint density at radius 2 is 1.76 bits per heavy atom. The molecule has 0 saturated carbocycles. The number of halogens is 2. The van der Waals surface area contributed by atoms with Crippen LogP contribution in [0.2, 0.25) is 10.0 Å². The predicted molar refractivity (Wildman–Crippen MR) is 100.0 cm³/mol. The van der Waals surface area contributed by atoms with Crippen molar-refractivity contribution in [1.82, 2.24) is 5.32 Å². The summed E-state index contributed by atoms with van der Waals surface area (Å²) in [6, 6.07) is 11.4. The standard InChI is InChI=1S/C17H10Cl2N2O3S/c18-12-6-5-11(8-13(12)19)20-15(22)10-3-1-9(2-4-10)7-14-16(23)21-17(24)25-14/h1-8H,(H,20,22)(H,21,23,24). The average Bonchev–Trinajstić information content (AvgIpc) is 2.89. The lowest BCUT2D eigenvalue weighted by molar-refractivity contribution is -0.115. The number of hydrogen-bond acceptors (Lipinski definition) is 4. The first-order valence-electron chi connectivity index (χ1n) is 7.04. The quantitative estimate of drug-likeness (QED) is 0.750. The van der Waals surface area contributed by atoms with Gasteiger partial charge in [-0.15, -0.1) is 0 Å². The minimum Gasteiger partial charge on any atom is -0.322 e. The van der Waals surface area contributed by atoms with E-state index < -0.39 is 11.1 Å². The van der Waals surface area contributed by atoms with E-state index in [0.29, 0.717) is 31.8 Å². The number of amides is 3. The van der Waals surface area contributed by atoms with Crippen molar-refractivity contribution in [3.8, 4) is 0 Å². The lowest BCUT2D eigenvalue weighted by Crippen LogP contribution is -2.17. The minimum atomic E-state index is -0.420. The molecule has 0 atom stereocenters. The first-order valence-corrected chi connectivity index (χ1v) is 8.61. The smallest absolute Gasteiger partial charge is 0.290 e. The van der Waals surface area contributed by atoms with E-state index >= 15 is 0 Å². The van der Waals surface area contributed by atoms with Gasteiger partial charge in [0.2, 0.25) is 0 Å². The monoisotopic (exact) mass is 392 g/mol. The zero-order valence-corrected chi connectivity index (χ0v) is 14.8. The Kier molecular flexibility index (Phi) is 5.13. The lowest BCUT2D eigenvalue weighted by Gasteiger charge is -2.07. The molecule has 2 N–H and O–H groups in total. The van der Waals surface area contributed by atoms with Gasteiger partial charge in [-0.2, -0.15) is 0 Å². The zero-order valence-electron chi connectivity index (χ0n) is 12.5. The summed E-state index contributed by atoms with van der Waals surface area (Å²) in [7, 11) is 0. The Labute approximate surface area is 157 Å². The highest BCUT2D eigenvalue weighted by atomic mass is 35.5. The van der Waals surface area contributed by atoms with E-state index in [1.165, 1.54) is 0 Å². The Morgan fingerprint density at radius 3 is 2.36 bits per heavy atom. The molecule has 25 heavy (non-hydrogen) atoms. The third-order valence-electron chi connectivity index (χ3n) is 3.29. The van der Waals surface area contributed by atoms with Crippen molar-refractivity contribution in [1.29, 1.82) is 0 Å². The van der Waals surface area contributed by atoms with Gasteiger partial charge in [0.1, 0.15) is 0 Å². The molecule has 126 valence electrons. The van der Waals surface area contributed by atoms with Crippen LogP contribution in [0, 0.1) is 0 Å². The van der Waals surface area contributed by atoms with Crippen LogP contribution in [0.25, 0.3) is 6.08 Å². The molecule has 0 aliphatic carbocycles. The Bertz CT molecular complexity index is 911. The lowest BCUT2D eigenvalue weighted by atomic mass is 10.1. The number of benzene rings is 2. The number of thioether (sulfide) groups is 1. The molecule has 5 nitrogen and oxygen atoms in total. The average molecular weight is 393 g/mol. The molecule has 3 amide bonds. The number of anilines is 1. The summed E-state index contributed by atoms with van der Waals surface area (Å²) in [5, 5.41) is 5.27. The van der Waals surface area contributed by atoms with Gasteiger partial charge < -0.3 is 5.32 Å². The molecule has 0 aromatic heterocycles. The first-order chi connectivity index (χ1) is 11.9. The molecule has 8 heteroatoms. The summed E-state index contributed by atoms with van der Waals surface area (Å²) in [5.41, 5.74) is 1.68. The van der Waals surface area contributed by atoms with Crippen molar-refractivity contribution in [2.75, 3.05) is 5.32 Å². The van der Waals surface area contributed by atoms with Crippen LogP contribution in [0.4, 0.5) is 10.5 Å². The summed E-state index contributed by atoms with van der Waals surface area (Å²) in [5.74, 6) is -0.725. The van der Waals surface area contributed by atoms with E-state index in [-0.39, 0.29) is 5.91 Å². The van der Waals surface area contributed by atoms with E-state index in [1.54, 1.807) is 48.5 Å². The number of carbonyl (C=O) groups excluding carboxylic acids is 3. The summed E-state index contributed by atoms with van der Waals surface area (Å²) < 4.78 is 0. The number of rotatable bonds is 3. The van der Waals surface area contributed by atoms with Crippen LogP contribution in [0.15, 0.2) is 47.4 Å². The van der Waals surface area contributed by atoms with Gasteiger partial charge in [-0.1, -0.05) is 35.3 Å². The maximum Gasteiger partial charge on any atom is 0.290 e. The second-order valence-corrected chi connectivity index (χ2v) is 6.89. The van der Waals surface area contributed by atoms with Crippen LogP contribution in [0.1, 0.15) is 15.9 Å². The van der Waals surface area contributed by atoms with Crippen molar-refractivity contribution in [3.05, 3.63) is 68.5 Å². The SMILES string of the molecule is O=C1NC(=O)C(=Cc2ccc(C(=O)Nc3ccc(Cl)c(Cl)c3)cc2)S1. The maximum atomic E-state index is 12.2. The highest BCUT2D eigenvalue weighted by Crippen LogP contribution is 2.26. The number of hydrogen-bond donors (Lipinski definition) is 2. The van der Waals surface area contributed by atoms with Gasteiger partial charge >= 0.3 is 0 Å². The van der Waals surface area contributed by atoms with Gasteiger partial charge in [-0.3, -0.25) is 19.7 Å². The molecule has 2 aromatic rings. The molecule has 0 unspecified atom stereocenters. The molecular weight excluding hydrogens is 383 g/mol. The van der Waals surface area contributed by atoms with E-state index in [9.17, 15) is 14.4 Å².